The minimum atomic E-state index is -0.145. The van der Waals surface area contributed by atoms with Gasteiger partial charge in [0.15, 0.2) is 5.69 Å². The van der Waals surface area contributed by atoms with Gasteiger partial charge in [-0.3, -0.25) is 9.69 Å². The van der Waals surface area contributed by atoms with Gasteiger partial charge in [0.1, 0.15) is 0 Å². The third kappa shape index (κ3) is 3.59. The summed E-state index contributed by atoms with van der Waals surface area (Å²) in [5, 5.41) is 10.5. The van der Waals surface area contributed by atoms with Crippen LogP contribution in [0.15, 0.2) is 63.8 Å². The van der Waals surface area contributed by atoms with Crippen molar-refractivity contribution in [2.45, 2.75) is 26.1 Å². The molecule has 0 aliphatic carbocycles. The van der Waals surface area contributed by atoms with Crippen LogP contribution in [0, 0.1) is 4.84 Å². The second-order valence-electron chi connectivity index (χ2n) is 7.48. The Hall–Kier alpha value is -3.10. The van der Waals surface area contributed by atoms with Gasteiger partial charge in [-0.05, 0) is 49.8 Å². The molecule has 8 heteroatoms. The van der Waals surface area contributed by atoms with Gasteiger partial charge in [0.2, 0.25) is 0 Å². The van der Waals surface area contributed by atoms with Crippen LogP contribution in [0.4, 0.5) is 0 Å². The zero-order valence-electron chi connectivity index (χ0n) is 16.4. The summed E-state index contributed by atoms with van der Waals surface area (Å²) in [7, 11) is 0. The first-order valence-corrected chi connectivity index (χ1v) is 10.4. The first-order valence-electron chi connectivity index (χ1n) is 10.0. The van der Waals surface area contributed by atoms with Gasteiger partial charge in [-0.2, -0.15) is 5.10 Å². The Morgan fingerprint density at radius 3 is 2.37 bits per heavy atom. The van der Waals surface area contributed by atoms with Gasteiger partial charge < -0.3 is 4.42 Å². The Morgan fingerprint density at radius 1 is 0.900 bits per heavy atom. The summed E-state index contributed by atoms with van der Waals surface area (Å²) in [6.45, 7) is 3.04. The van der Waals surface area contributed by atoms with Gasteiger partial charge in [-0.1, -0.05) is 48.5 Å². The first kappa shape index (κ1) is 18.9. The Morgan fingerprint density at radius 2 is 1.60 bits per heavy atom. The summed E-state index contributed by atoms with van der Waals surface area (Å²) in [5.74, 6) is 0.331. The van der Waals surface area contributed by atoms with Crippen LogP contribution < -0.4 is 5.56 Å². The maximum Gasteiger partial charge on any atom is 0.288 e. The molecule has 0 radical (unpaired) electrons. The summed E-state index contributed by atoms with van der Waals surface area (Å²) in [6, 6.07) is 17.2. The molecule has 5 rings (SSSR count). The van der Waals surface area contributed by atoms with Crippen LogP contribution in [-0.2, 0) is 13.2 Å². The summed E-state index contributed by atoms with van der Waals surface area (Å²) < 4.78 is 8.98. The zero-order chi connectivity index (χ0) is 20.5. The topological polar surface area (TPSA) is 69.1 Å². The Labute approximate surface area is 178 Å². The number of hydrogen-bond acceptors (Lipinski definition) is 6. The lowest BCUT2D eigenvalue weighted by Crippen LogP contribution is -2.25. The minimum Gasteiger partial charge on any atom is -0.407 e. The molecule has 30 heavy (non-hydrogen) atoms. The maximum absolute atomic E-state index is 13.0. The normalized spacial score (nSPS) is 14.5. The van der Waals surface area contributed by atoms with E-state index in [1.54, 1.807) is 10.7 Å². The number of nitrogens with zero attached hydrogens (tertiary/aromatic N) is 5. The molecule has 4 aromatic rings. The molecular formula is C22H21N5O2S. The smallest absolute Gasteiger partial charge is 0.288 e. The summed E-state index contributed by atoms with van der Waals surface area (Å²) in [5.41, 5.74) is 1.37. The minimum absolute atomic E-state index is 0.145. The molecule has 1 aliphatic rings. The van der Waals surface area contributed by atoms with Crippen molar-refractivity contribution in [3.8, 4) is 11.6 Å². The van der Waals surface area contributed by atoms with E-state index < -0.39 is 0 Å². The molecule has 0 atom stereocenters. The molecule has 1 aliphatic heterocycles. The molecule has 0 amide bonds. The SMILES string of the molecule is O=c1c2ccccc2c(-c2nn(CN3CCCC3)c(=S)o2)nn1Cc1ccccc1. The molecular weight excluding hydrogens is 398 g/mol. The van der Waals surface area contributed by atoms with E-state index in [0.29, 0.717) is 40.4 Å². The third-order valence-electron chi connectivity index (χ3n) is 5.38. The van der Waals surface area contributed by atoms with Crippen molar-refractivity contribution in [3.05, 3.63) is 75.4 Å². The van der Waals surface area contributed by atoms with Crippen LogP contribution in [0.25, 0.3) is 22.4 Å². The lowest BCUT2D eigenvalue weighted by Gasteiger charge is -2.12. The fraction of sp³-hybridized carbons (Fsp3) is 0.273. The van der Waals surface area contributed by atoms with Crippen molar-refractivity contribution in [1.82, 2.24) is 24.5 Å². The molecule has 0 unspecified atom stereocenters. The highest BCUT2D eigenvalue weighted by molar-refractivity contribution is 7.71. The third-order valence-corrected chi connectivity index (χ3v) is 5.68. The van der Waals surface area contributed by atoms with Crippen LogP contribution in [-0.4, -0.2) is 37.6 Å². The predicted molar refractivity (Wildman–Crippen MR) is 117 cm³/mol. The number of rotatable bonds is 5. The molecule has 0 spiro atoms. The van der Waals surface area contributed by atoms with Gasteiger partial charge in [-0.15, -0.1) is 5.10 Å². The summed E-state index contributed by atoms with van der Waals surface area (Å²) in [4.78, 5) is 15.6. The highest BCUT2D eigenvalue weighted by Gasteiger charge is 2.19. The fourth-order valence-corrected chi connectivity index (χ4v) is 4.04. The molecule has 2 aromatic heterocycles. The van der Waals surface area contributed by atoms with Gasteiger partial charge in [-0.25, -0.2) is 9.36 Å². The largest absolute Gasteiger partial charge is 0.407 e. The molecule has 0 bridgehead atoms. The number of aromatic nitrogens is 4. The molecule has 0 saturated carbocycles. The lowest BCUT2D eigenvalue weighted by molar-refractivity contribution is 0.249. The van der Waals surface area contributed by atoms with Crippen molar-refractivity contribution >= 4 is 23.0 Å². The van der Waals surface area contributed by atoms with Crippen molar-refractivity contribution in [2.24, 2.45) is 0 Å². The van der Waals surface area contributed by atoms with Gasteiger partial charge in [0.25, 0.3) is 16.3 Å². The fourth-order valence-electron chi connectivity index (χ4n) is 3.86. The molecule has 1 fully saturated rings. The molecule has 3 heterocycles. The molecule has 1 saturated heterocycles. The molecule has 7 nitrogen and oxygen atoms in total. The van der Waals surface area contributed by atoms with Gasteiger partial charge >= 0.3 is 0 Å². The average molecular weight is 420 g/mol. The first-order chi connectivity index (χ1) is 14.7. The highest BCUT2D eigenvalue weighted by Crippen LogP contribution is 2.24. The van der Waals surface area contributed by atoms with Crippen LogP contribution in [0.2, 0.25) is 0 Å². The van der Waals surface area contributed by atoms with E-state index in [0.717, 1.165) is 18.7 Å². The zero-order valence-corrected chi connectivity index (χ0v) is 17.2. The predicted octanol–water partition coefficient (Wildman–Crippen LogP) is 3.68. The summed E-state index contributed by atoms with van der Waals surface area (Å²) >= 11 is 5.40. The van der Waals surface area contributed by atoms with Crippen LogP contribution in [0.1, 0.15) is 18.4 Å². The standard InChI is InChI=1S/C22H21N5O2S/c28-21-18-11-5-4-10-17(18)19(23-26(21)14-16-8-2-1-3-9-16)20-24-27(22(30)29-20)15-25-12-6-7-13-25/h1-5,8-11H,6-7,12-15H2. The number of likely N-dealkylation sites (tertiary alicyclic amines) is 1. The van der Waals surface area contributed by atoms with Crippen LogP contribution >= 0.6 is 12.2 Å². The van der Waals surface area contributed by atoms with E-state index in [1.165, 1.54) is 17.5 Å². The second kappa shape index (κ2) is 7.97. The number of hydrogen-bond donors (Lipinski definition) is 0. The van der Waals surface area contributed by atoms with Crippen molar-refractivity contribution in [1.29, 1.82) is 0 Å². The van der Waals surface area contributed by atoms with E-state index in [2.05, 4.69) is 15.1 Å². The Kier molecular flexibility index (Phi) is 5.02. The second-order valence-corrected chi connectivity index (χ2v) is 7.83. The molecule has 0 N–H and O–H groups in total. The maximum atomic E-state index is 13.0. The van der Waals surface area contributed by atoms with E-state index in [1.807, 2.05) is 48.5 Å². The van der Waals surface area contributed by atoms with Crippen molar-refractivity contribution < 1.29 is 4.42 Å². The molecule has 2 aromatic carbocycles. The Balaban J connectivity index is 1.61. The van der Waals surface area contributed by atoms with E-state index in [9.17, 15) is 4.79 Å². The van der Waals surface area contributed by atoms with Crippen molar-refractivity contribution in [2.75, 3.05) is 13.1 Å². The highest BCUT2D eigenvalue weighted by atomic mass is 32.1. The quantitative estimate of drug-likeness (QED) is 0.460. The number of fused-ring (bicyclic) bond motifs is 1. The van der Waals surface area contributed by atoms with Crippen molar-refractivity contribution in [3.63, 3.8) is 0 Å². The van der Waals surface area contributed by atoms with Gasteiger partial charge in [0.05, 0.1) is 18.6 Å². The molecule has 152 valence electrons. The average Bonchev–Trinajstić information content (AvgIpc) is 3.41. The van der Waals surface area contributed by atoms with Crippen LogP contribution in [0.5, 0.6) is 0 Å². The van der Waals surface area contributed by atoms with E-state index >= 15 is 0 Å². The Bertz CT molecular complexity index is 1300. The van der Waals surface area contributed by atoms with Gasteiger partial charge in [0, 0.05) is 5.39 Å². The van der Waals surface area contributed by atoms with Crippen LogP contribution in [0.3, 0.4) is 0 Å². The number of benzene rings is 2. The monoisotopic (exact) mass is 419 g/mol. The van der Waals surface area contributed by atoms with E-state index in [-0.39, 0.29) is 5.56 Å². The van der Waals surface area contributed by atoms with E-state index in [4.69, 9.17) is 16.6 Å². The summed E-state index contributed by atoms with van der Waals surface area (Å²) in [6.07, 6.45) is 2.38. The lowest BCUT2D eigenvalue weighted by atomic mass is 10.1.